The Morgan fingerprint density at radius 1 is 1.11 bits per heavy atom. The second-order valence-corrected chi connectivity index (χ2v) is 8.78. The fraction of sp³-hybridized carbons (Fsp3) is 0.100. The molecule has 1 aromatic carbocycles. The van der Waals surface area contributed by atoms with Crippen LogP contribution in [0.15, 0.2) is 92.1 Å². The highest BCUT2D eigenvalue weighted by atomic mass is 19.1. The number of aromatic nitrogens is 5. The molecule has 3 N–H and O–H groups in total. The molecule has 0 saturated heterocycles. The molecule has 0 aliphatic carbocycles. The van der Waals surface area contributed by atoms with E-state index in [4.69, 9.17) is 0 Å². The van der Waals surface area contributed by atoms with E-state index in [1.165, 1.54) is 12.1 Å². The number of pyridine rings is 2. The van der Waals surface area contributed by atoms with Gasteiger partial charge in [0.15, 0.2) is 0 Å². The van der Waals surface area contributed by atoms with E-state index in [1.807, 2.05) is 32.1 Å². The van der Waals surface area contributed by atoms with E-state index in [1.54, 1.807) is 36.8 Å². The molecule has 0 radical (unpaired) electrons. The van der Waals surface area contributed by atoms with Gasteiger partial charge in [-0.05, 0) is 54.8 Å². The molecule has 37 heavy (non-hydrogen) atoms. The molecule has 0 aliphatic rings. The Kier molecular flexibility index (Phi) is 6.51. The Bertz CT molecular complexity index is 1640. The fourth-order valence-corrected chi connectivity index (χ4v) is 4.27. The number of aryl methyl sites for hydroxylation is 1. The van der Waals surface area contributed by atoms with E-state index >= 15 is 0 Å². The molecular weight excluding hydrogens is 463 g/mol. The van der Waals surface area contributed by atoms with Crippen LogP contribution < -0.4 is 5.32 Å². The number of allylic oxidation sites excluding steroid dienone is 3. The van der Waals surface area contributed by atoms with Crippen LogP contribution in [0.2, 0.25) is 0 Å². The highest BCUT2D eigenvalue weighted by Gasteiger charge is 2.17. The molecule has 0 spiro atoms. The van der Waals surface area contributed by atoms with Gasteiger partial charge in [0.25, 0.3) is 0 Å². The molecule has 5 rings (SSSR count). The summed E-state index contributed by atoms with van der Waals surface area (Å²) < 4.78 is 13.5. The van der Waals surface area contributed by atoms with Crippen molar-refractivity contribution in [1.29, 1.82) is 0 Å². The zero-order valence-electron chi connectivity index (χ0n) is 20.8. The minimum Gasteiger partial charge on any atom is -0.358 e. The average molecular weight is 491 g/mol. The number of anilines is 1. The Balaban J connectivity index is 1.55. The maximum absolute atomic E-state index is 13.5. The first-order valence-corrected chi connectivity index (χ1v) is 12.0. The molecule has 0 bridgehead atoms. The quantitative estimate of drug-likeness (QED) is 0.198. The summed E-state index contributed by atoms with van der Waals surface area (Å²) in [5, 5.41) is 11.9. The van der Waals surface area contributed by atoms with Crippen molar-refractivity contribution in [3.05, 3.63) is 115 Å². The van der Waals surface area contributed by atoms with Crippen molar-refractivity contribution in [3.8, 4) is 22.6 Å². The average Bonchev–Trinajstić information content (AvgIpc) is 3.50. The molecule has 0 aliphatic heterocycles. The summed E-state index contributed by atoms with van der Waals surface area (Å²) in [5.74, 6) is -0.271. The van der Waals surface area contributed by atoms with Gasteiger partial charge in [0.05, 0.1) is 35.0 Å². The van der Waals surface area contributed by atoms with Crippen LogP contribution in [0.3, 0.4) is 0 Å². The zero-order chi connectivity index (χ0) is 25.9. The first-order chi connectivity index (χ1) is 18.0. The number of hydrogen-bond donors (Lipinski definition) is 3. The van der Waals surface area contributed by atoms with E-state index in [-0.39, 0.29) is 5.82 Å². The van der Waals surface area contributed by atoms with Gasteiger partial charge in [-0.2, -0.15) is 5.10 Å². The summed E-state index contributed by atoms with van der Waals surface area (Å²) in [4.78, 5) is 12.5. The lowest BCUT2D eigenvalue weighted by Gasteiger charge is -2.08. The molecule has 6 nitrogen and oxygen atoms in total. The van der Waals surface area contributed by atoms with Gasteiger partial charge in [0.2, 0.25) is 0 Å². The van der Waals surface area contributed by atoms with Crippen LogP contribution in [-0.4, -0.2) is 25.1 Å². The highest BCUT2D eigenvalue weighted by Crippen LogP contribution is 2.34. The molecule has 7 heteroatoms. The smallest absolute Gasteiger partial charge is 0.123 e. The van der Waals surface area contributed by atoms with Gasteiger partial charge in [-0.15, -0.1) is 0 Å². The minimum absolute atomic E-state index is 0.271. The van der Waals surface area contributed by atoms with Crippen molar-refractivity contribution in [2.45, 2.75) is 20.3 Å². The zero-order valence-corrected chi connectivity index (χ0v) is 20.8. The van der Waals surface area contributed by atoms with Gasteiger partial charge in [0.1, 0.15) is 11.5 Å². The SMILES string of the molecule is C=C/C=C(/c1ccc(F)cc1)c1cc(-c2n[nH]c3cnc(-c4cncc(NC(=C)CC)c4)cc23)[nH]c1C. The van der Waals surface area contributed by atoms with Crippen molar-refractivity contribution >= 4 is 22.2 Å². The number of aromatic amines is 2. The molecule has 0 saturated carbocycles. The third-order valence-corrected chi connectivity index (χ3v) is 6.23. The van der Waals surface area contributed by atoms with Gasteiger partial charge in [-0.25, -0.2) is 4.39 Å². The topological polar surface area (TPSA) is 82.3 Å². The number of rotatable bonds is 8. The van der Waals surface area contributed by atoms with Crippen LogP contribution in [0, 0.1) is 12.7 Å². The second kappa shape index (κ2) is 10.1. The lowest BCUT2D eigenvalue weighted by atomic mass is 9.97. The summed E-state index contributed by atoms with van der Waals surface area (Å²) in [6.45, 7) is 11.9. The molecule has 0 atom stereocenters. The predicted octanol–water partition coefficient (Wildman–Crippen LogP) is 7.42. The summed E-state index contributed by atoms with van der Waals surface area (Å²) in [6.07, 6.45) is 9.84. The molecule has 4 aromatic heterocycles. The summed E-state index contributed by atoms with van der Waals surface area (Å²) in [7, 11) is 0. The number of halogens is 1. The number of hydrogen-bond acceptors (Lipinski definition) is 4. The van der Waals surface area contributed by atoms with E-state index in [2.05, 4.69) is 49.7 Å². The Labute approximate surface area is 214 Å². The largest absolute Gasteiger partial charge is 0.358 e. The summed E-state index contributed by atoms with van der Waals surface area (Å²) in [5.41, 5.74) is 9.74. The predicted molar refractivity (Wildman–Crippen MR) is 148 cm³/mol. The summed E-state index contributed by atoms with van der Waals surface area (Å²) in [6, 6.07) is 12.5. The number of benzene rings is 1. The van der Waals surface area contributed by atoms with Crippen molar-refractivity contribution in [2.24, 2.45) is 0 Å². The molecule has 0 fully saturated rings. The van der Waals surface area contributed by atoms with Crippen LogP contribution in [-0.2, 0) is 0 Å². The number of H-pyrrole nitrogens is 2. The van der Waals surface area contributed by atoms with Gasteiger partial charge in [-0.3, -0.25) is 15.1 Å². The van der Waals surface area contributed by atoms with E-state index < -0.39 is 0 Å². The van der Waals surface area contributed by atoms with E-state index in [0.29, 0.717) is 0 Å². The molecule has 0 amide bonds. The van der Waals surface area contributed by atoms with E-state index in [9.17, 15) is 4.39 Å². The number of nitrogens with zero attached hydrogens (tertiary/aromatic N) is 3. The minimum atomic E-state index is -0.271. The van der Waals surface area contributed by atoms with Gasteiger partial charge >= 0.3 is 0 Å². The van der Waals surface area contributed by atoms with Crippen molar-refractivity contribution < 1.29 is 4.39 Å². The third-order valence-electron chi connectivity index (χ3n) is 6.23. The van der Waals surface area contributed by atoms with Gasteiger partial charge < -0.3 is 10.3 Å². The van der Waals surface area contributed by atoms with Crippen molar-refractivity contribution in [2.75, 3.05) is 5.32 Å². The monoisotopic (exact) mass is 490 g/mol. The van der Waals surface area contributed by atoms with Crippen LogP contribution in [0.1, 0.15) is 30.2 Å². The lowest BCUT2D eigenvalue weighted by molar-refractivity contribution is 0.627. The fourth-order valence-electron chi connectivity index (χ4n) is 4.27. The maximum Gasteiger partial charge on any atom is 0.123 e. The second-order valence-electron chi connectivity index (χ2n) is 8.78. The van der Waals surface area contributed by atoms with E-state index in [0.717, 1.165) is 73.7 Å². The highest BCUT2D eigenvalue weighted by molar-refractivity contribution is 5.95. The Morgan fingerprint density at radius 3 is 2.68 bits per heavy atom. The molecule has 4 heterocycles. The molecule has 184 valence electrons. The Hall–Kier alpha value is -4.78. The van der Waals surface area contributed by atoms with Gasteiger partial charge in [-0.1, -0.05) is 44.4 Å². The van der Waals surface area contributed by atoms with Crippen molar-refractivity contribution in [1.82, 2.24) is 25.1 Å². The van der Waals surface area contributed by atoms with Crippen LogP contribution >= 0.6 is 0 Å². The molecule has 5 aromatic rings. The first-order valence-electron chi connectivity index (χ1n) is 12.0. The van der Waals surface area contributed by atoms with Crippen LogP contribution in [0.4, 0.5) is 10.1 Å². The van der Waals surface area contributed by atoms with Gasteiger partial charge in [0, 0.05) is 34.1 Å². The number of fused-ring (bicyclic) bond motifs is 1. The number of nitrogens with one attached hydrogen (secondary N) is 3. The third kappa shape index (κ3) is 4.84. The van der Waals surface area contributed by atoms with Crippen LogP contribution in [0.5, 0.6) is 0 Å². The molecule has 0 unspecified atom stereocenters. The normalized spacial score (nSPS) is 11.6. The van der Waals surface area contributed by atoms with Crippen molar-refractivity contribution in [3.63, 3.8) is 0 Å². The maximum atomic E-state index is 13.5. The molecular formula is C30H27FN6. The Morgan fingerprint density at radius 2 is 1.92 bits per heavy atom. The summed E-state index contributed by atoms with van der Waals surface area (Å²) >= 11 is 0. The van der Waals surface area contributed by atoms with Crippen LogP contribution in [0.25, 0.3) is 39.1 Å². The first kappa shape index (κ1) is 23.9. The standard InChI is InChI=1S/C30H27FN6/c1-5-7-24(20-8-10-22(31)11-9-20)25-13-28(35-19(25)4)30-26-14-27(33-17-29(26)36-37-30)21-12-23(16-32-15-21)34-18(3)6-2/h5,7-17,34-35H,1,3,6H2,2,4H3,(H,36,37)/b24-7-. The lowest BCUT2D eigenvalue weighted by Crippen LogP contribution is -1.97.